The zero-order valence-corrected chi connectivity index (χ0v) is 17.3. The molecule has 0 saturated carbocycles. The number of anilines is 1. The van der Waals surface area contributed by atoms with Gasteiger partial charge in [-0.25, -0.2) is 8.42 Å². The highest BCUT2D eigenvalue weighted by Gasteiger charge is 2.30. The van der Waals surface area contributed by atoms with E-state index in [1.54, 1.807) is 36.0 Å². The molecule has 1 N–H and O–H groups in total. The first-order valence-electron chi connectivity index (χ1n) is 9.08. The Morgan fingerprint density at radius 2 is 1.89 bits per heavy atom. The zero-order valence-electron chi connectivity index (χ0n) is 15.7. The second kappa shape index (κ2) is 9.34. The Kier molecular flexibility index (Phi) is 6.85. The van der Waals surface area contributed by atoms with E-state index in [2.05, 4.69) is 17.4 Å². The number of carbonyl (C=O) groups is 1. The van der Waals surface area contributed by atoms with Gasteiger partial charge < -0.3 is 10.1 Å². The minimum Gasteiger partial charge on any atom is -0.478 e. The van der Waals surface area contributed by atoms with Gasteiger partial charge in [0, 0.05) is 31.0 Å². The number of hydrogen-bond acceptors (Lipinski definition) is 5. The van der Waals surface area contributed by atoms with Crippen LogP contribution in [0.4, 0.5) is 5.69 Å². The highest BCUT2D eigenvalue weighted by molar-refractivity contribution is 7.98. The maximum atomic E-state index is 12.5. The second-order valence-electron chi connectivity index (χ2n) is 6.53. The summed E-state index contributed by atoms with van der Waals surface area (Å²) in [5.41, 5.74) is 1.72. The molecule has 0 aliphatic carbocycles. The van der Waals surface area contributed by atoms with Crippen molar-refractivity contribution in [3.8, 4) is 5.75 Å². The van der Waals surface area contributed by atoms with Gasteiger partial charge in [-0.3, -0.25) is 9.10 Å². The Labute approximate surface area is 170 Å². The highest BCUT2D eigenvalue weighted by atomic mass is 32.2. The summed E-state index contributed by atoms with van der Waals surface area (Å²) in [7, 11) is -3.44. The number of amides is 1. The number of hydrogen-bond donors (Lipinski definition) is 1. The molecule has 0 aromatic heterocycles. The lowest BCUT2D eigenvalue weighted by Gasteiger charge is -2.20. The van der Waals surface area contributed by atoms with Gasteiger partial charge in [-0.05, 0) is 17.7 Å². The number of benzene rings is 2. The minimum absolute atomic E-state index is 0.205. The normalized spacial score (nSPS) is 16.6. The van der Waals surface area contributed by atoms with E-state index in [9.17, 15) is 13.2 Å². The van der Waals surface area contributed by atoms with Crippen molar-refractivity contribution < 1.29 is 17.9 Å². The molecule has 6 nitrogen and oxygen atoms in total. The number of sulfonamides is 1. The Morgan fingerprint density at radius 3 is 2.64 bits per heavy atom. The molecule has 28 heavy (non-hydrogen) atoms. The van der Waals surface area contributed by atoms with Crippen LogP contribution in [-0.2, 0) is 20.6 Å². The van der Waals surface area contributed by atoms with E-state index < -0.39 is 16.1 Å². The van der Waals surface area contributed by atoms with Crippen LogP contribution in [0, 0.1) is 0 Å². The molecular weight excluding hydrogens is 396 g/mol. The number of carbonyl (C=O) groups excluding carboxylic acids is 1. The Morgan fingerprint density at radius 1 is 1.18 bits per heavy atom. The van der Waals surface area contributed by atoms with Crippen LogP contribution in [0.25, 0.3) is 0 Å². The van der Waals surface area contributed by atoms with Crippen molar-refractivity contribution in [3.05, 3.63) is 60.2 Å². The van der Waals surface area contributed by atoms with Gasteiger partial charge in [0.15, 0.2) is 6.10 Å². The van der Waals surface area contributed by atoms with Crippen LogP contribution in [0.2, 0.25) is 0 Å². The molecule has 150 valence electrons. The van der Waals surface area contributed by atoms with E-state index in [1.165, 1.54) is 9.87 Å². The smallest absolute Gasteiger partial charge is 0.261 e. The first-order valence-corrected chi connectivity index (χ1v) is 12.1. The number of thioether (sulfide) groups is 1. The van der Waals surface area contributed by atoms with Gasteiger partial charge in [-0.1, -0.05) is 42.5 Å². The number of nitrogens with one attached hydrogen (secondary N) is 1. The molecule has 1 aliphatic rings. The summed E-state index contributed by atoms with van der Waals surface area (Å²) in [6, 6.07) is 17.1. The fourth-order valence-corrected chi connectivity index (χ4v) is 4.75. The molecular formula is C20H24N2O4S2. The Hall–Kier alpha value is -2.19. The number of fused-ring (bicyclic) bond motifs is 1. The predicted molar refractivity (Wildman–Crippen MR) is 113 cm³/mol. The third kappa shape index (κ3) is 5.42. The number of nitrogens with zero attached hydrogens (tertiary/aromatic N) is 1. The summed E-state index contributed by atoms with van der Waals surface area (Å²) < 4.78 is 31.4. The van der Waals surface area contributed by atoms with E-state index in [4.69, 9.17) is 4.74 Å². The maximum Gasteiger partial charge on any atom is 0.261 e. The summed E-state index contributed by atoms with van der Waals surface area (Å²) in [5.74, 6) is 1.88. The number of para-hydroxylation sites is 2. The van der Waals surface area contributed by atoms with Gasteiger partial charge in [0.1, 0.15) is 5.75 Å². The lowest BCUT2D eigenvalue weighted by Crippen LogP contribution is -2.40. The number of ether oxygens (including phenoxy) is 1. The monoisotopic (exact) mass is 420 g/mol. The summed E-state index contributed by atoms with van der Waals surface area (Å²) in [6.45, 7) is 0.740. The van der Waals surface area contributed by atoms with Gasteiger partial charge in [-0.15, -0.1) is 0 Å². The lowest BCUT2D eigenvalue weighted by molar-refractivity contribution is -0.127. The molecule has 0 saturated heterocycles. The molecule has 1 aliphatic heterocycles. The molecule has 0 radical (unpaired) electrons. The first kappa shape index (κ1) is 20.5. The quantitative estimate of drug-likeness (QED) is 0.697. The third-order valence-electron chi connectivity index (χ3n) is 4.35. The van der Waals surface area contributed by atoms with Gasteiger partial charge in [0.2, 0.25) is 10.0 Å². The van der Waals surface area contributed by atoms with Crippen molar-refractivity contribution in [1.29, 1.82) is 0 Å². The molecule has 0 fully saturated rings. The summed E-state index contributed by atoms with van der Waals surface area (Å²) in [6.07, 6.45) is 0.742. The zero-order chi connectivity index (χ0) is 20.0. The summed E-state index contributed by atoms with van der Waals surface area (Å²) >= 11 is 1.75. The standard InChI is InChI=1S/C20H24N2O4S2/c1-28(24,25)22-13-11-19(26-18-10-6-5-9-17(18)22)20(23)21-12-14-27-15-16-7-3-2-4-8-16/h2-10,19H,11-15H2,1H3,(H,21,23). The van der Waals surface area contributed by atoms with Gasteiger partial charge in [-0.2, -0.15) is 11.8 Å². The van der Waals surface area contributed by atoms with E-state index in [0.29, 0.717) is 24.4 Å². The van der Waals surface area contributed by atoms with Crippen LogP contribution in [0.1, 0.15) is 12.0 Å². The van der Waals surface area contributed by atoms with Gasteiger partial charge in [0.05, 0.1) is 11.9 Å². The van der Waals surface area contributed by atoms with Crippen molar-refractivity contribution in [2.45, 2.75) is 18.3 Å². The molecule has 8 heteroatoms. The van der Waals surface area contributed by atoms with Crippen LogP contribution in [-0.4, -0.2) is 45.5 Å². The summed E-state index contributed by atoms with van der Waals surface area (Å²) in [4.78, 5) is 12.5. The molecule has 1 atom stereocenters. The van der Waals surface area contributed by atoms with Crippen molar-refractivity contribution in [2.75, 3.05) is 29.4 Å². The lowest BCUT2D eigenvalue weighted by atomic mass is 10.2. The molecule has 1 amide bonds. The largest absolute Gasteiger partial charge is 0.478 e. The Balaban J connectivity index is 1.53. The van der Waals surface area contributed by atoms with Crippen LogP contribution in [0.15, 0.2) is 54.6 Å². The van der Waals surface area contributed by atoms with Crippen LogP contribution >= 0.6 is 11.8 Å². The molecule has 1 unspecified atom stereocenters. The van der Waals surface area contributed by atoms with E-state index in [0.717, 1.165) is 17.8 Å². The van der Waals surface area contributed by atoms with E-state index in [-0.39, 0.29) is 12.5 Å². The third-order valence-corrected chi connectivity index (χ3v) is 6.56. The molecule has 0 spiro atoms. The average Bonchev–Trinajstić information content (AvgIpc) is 2.88. The van der Waals surface area contributed by atoms with Crippen molar-refractivity contribution in [2.24, 2.45) is 0 Å². The minimum atomic E-state index is -3.44. The van der Waals surface area contributed by atoms with Gasteiger partial charge in [0.25, 0.3) is 5.91 Å². The topological polar surface area (TPSA) is 75.7 Å². The Bertz CT molecular complexity index is 903. The molecule has 1 heterocycles. The maximum absolute atomic E-state index is 12.5. The van der Waals surface area contributed by atoms with Crippen LogP contribution in [0.3, 0.4) is 0 Å². The van der Waals surface area contributed by atoms with Crippen molar-refractivity contribution >= 4 is 33.4 Å². The molecule has 2 aromatic carbocycles. The van der Waals surface area contributed by atoms with Gasteiger partial charge >= 0.3 is 0 Å². The van der Waals surface area contributed by atoms with Crippen molar-refractivity contribution in [3.63, 3.8) is 0 Å². The molecule has 3 rings (SSSR count). The fourth-order valence-electron chi connectivity index (χ4n) is 2.98. The van der Waals surface area contributed by atoms with Crippen LogP contribution < -0.4 is 14.4 Å². The SMILES string of the molecule is CS(=O)(=O)N1CCC(C(=O)NCCSCc2ccccc2)Oc2ccccc21. The van der Waals surface area contributed by atoms with E-state index >= 15 is 0 Å². The fraction of sp³-hybridized carbons (Fsp3) is 0.350. The molecule has 0 bridgehead atoms. The average molecular weight is 421 g/mol. The highest BCUT2D eigenvalue weighted by Crippen LogP contribution is 2.33. The predicted octanol–water partition coefficient (Wildman–Crippen LogP) is 2.65. The summed E-state index contributed by atoms with van der Waals surface area (Å²) in [5, 5.41) is 2.90. The second-order valence-corrected chi connectivity index (χ2v) is 9.54. The van der Waals surface area contributed by atoms with Crippen molar-refractivity contribution in [1.82, 2.24) is 5.32 Å². The number of rotatable bonds is 7. The van der Waals surface area contributed by atoms with Crippen LogP contribution in [0.5, 0.6) is 5.75 Å². The van der Waals surface area contributed by atoms with E-state index in [1.807, 2.05) is 18.2 Å². The molecule has 2 aromatic rings. The first-order chi connectivity index (χ1) is 13.4.